The zero-order valence-electron chi connectivity index (χ0n) is 17.4. The number of fused-ring (bicyclic) bond motifs is 1. The average Bonchev–Trinajstić information content (AvgIpc) is 2.74. The summed E-state index contributed by atoms with van der Waals surface area (Å²) in [7, 11) is 0. The van der Waals surface area contributed by atoms with E-state index in [1.165, 1.54) is 0 Å². The van der Waals surface area contributed by atoms with Gasteiger partial charge in [0.05, 0.1) is 11.5 Å². The van der Waals surface area contributed by atoms with E-state index in [-0.39, 0.29) is 17.7 Å². The summed E-state index contributed by atoms with van der Waals surface area (Å²) in [4.78, 5) is 29.2. The number of hydrogen-bond donors (Lipinski definition) is 1. The van der Waals surface area contributed by atoms with Crippen molar-refractivity contribution in [1.29, 1.82) is 0 Å². The summed E-state index contributed by atoms with van der Waals surface area (Å²) in [5.41, 5.74) is 1.91. The Bertz CT molecular complexity index is 885. The average molecular weight is 391 g/mol. The van der Waals surface area contributed by atoms with Gasteiger partial charge in [-0.05, 0) is 42.5 Å². The number of carbonyl (C=O) groups excluding carboxylic acids is 2. The Balaban J connectivity index is 1.89. The van der Waals surface area contributed by atoms with Gasteiger partial charge >= 0.3 is 0 Å². The Morgan fingerprint density at radius 1 is 1.03 bits per heavy atom. The van der Waals surface area contributed by atoms with E-state index < -0.39 is 5.54 Å². The maximum atomic E-state index is 13.7. The molecule has 2 aromatic rings. The second-order valence-electron chi connectivity index (χ2n) is 8.80. The monoisotopic (exact) mass is 390 g/mol. The highest BCUT2D eigenvalue weighted by Gasteiger charge is 2.55. The number of amides is 2. The fourth-order valence-electron chi connectivity index (χ4n) is 5.10. The van der Waals surface area contributed by atoms with Crippen LogP contribution < -0.4 is 10.2 Å². The Kier molecular flexibility index (Phi) is 5.44. The normalized spacial score (nSPS) is 20.6. The van der Waals surface area contributed by atoms with Gasteiger partial charge in [-0.25, -0.2) is 0 Å². The van der Waals surface area contributed by atoms with Crippen molar-refractivity contribution in [3.8, 4) is 0 Å². The van der Waals surface area contributed by atoms with Gasteiger partial charge < -0.3 is 10.2 Å². The zero-order chi connectivity index (χ0) is 20.4. The van der Waals surface area contributed by atoms with Gasteiger partial charge in [0.2, 0.25) is 5.91 Å². The minimum Gasteiger partial charge on any atom is -0.355 e. The maximum Gasteiger partial charge on any atom is 0.259 e. The van der Waals surface area contributed by atoms with Crippen LogP contribution in [0.2, 0.25) is 0 Å². The summed E-state index contributed by atoms with van der Waals surface area (Å²) in [6, 6.07) is 17.6. The van der Waals surface area contributed by atoms with E-state index in [1.807, 2.05) is 59.5 Å². The molecule has 1 fully saturated rings. The number of para-hydroxylation sites is 1. The Labute approximate surface area is 173 Å². The minimum atomic E-state index is -0.508. The molecule has 2 aliphatic rings. The van der Waals surface area contributed by atoms with Crippen molar-refractivity contribution >= 4 is 17.5 Å². The van der Waals surface area contributed by atoms with Crippen LogP contribution in [0.4, 0.5) is 5.69 Å². The van der Waals surface area contributed by atoms with Crippen molar-refractivity contribution in [1.82, 2.24) is 5.32 Å². The van der Waals surface area contributed by atoms with E-state index in [0.29, 0.717) is 18.0 Å². The first-order valence-electron chi connectivity index (χ1n) is 10.8. The summed E-state index contributed by atoms with van der Waals surface area (Å²) in [6.07, 6.45) is 4.92. The first-order valence-corrected chi connectivity index (χ1v) is 10.8. The molecule has 0 aromatic heterocycles. The fourth-order valence-corrected chi connectivity index (χ4v) is 5.10. The van der Waals surface area contributed by atoms with Crippen molar-refractivity contribution in [2.24, 2.45) is 5.92 Å². The first-order chi connectivity index (χ1) is 14.0. The molecule has 1 atom stereocenters. The quantitative estimate of drug-likeness (QED) is 0.807. The predicted octanol–water partition coefficient (Wildman–Crippen LogP) is 4.91. The van der Waals surface area contributed by atoms with Crippen LogP contribution in [0, 0.1) is 5.92 Å². The summed E-state index contributed by atoms with van der Waals surface area (Å²) in [5, 5.41) is 3.17. The fraction of sp³-hybridized carbons (Fsp3) is 0.440. The highest BCUT2D eigenvalue weighted by molar-refractivity contribution is 6.12. The number of hydrogen-bond acceptors (Lipinski definition) is 2. The Hall–Kier alpha value is -2.62. The highest BCUT2D eigenvalue weighted by Crippen LogP contribution is 2.50. The van der Waals surface area contributed by atoms with E-state index in [2.05, 4.69) is 19.2 Å². The van der Waals surface area contributed by atoms with E-state index in [0.717, 1.165) is 43.4 Å². The minimum absolute atomic E-state index is 0.0154. The molecule has 4 nitrogen and oxygen atoms in total. The molecule has 0 radical (unpaired) electrons. The van der Waals surface area contributed by atoms with Crippen LogP contribution in [0.15, 0.2) is 54.6 Å². The summed E-state index contributed by atoms with van der Waals surface area (Å²) in [5.74, 6) is 0.0886. The Morgan fingerprint density at radius 2 is 1.69 bits per heavy atom. The molecule has 152 valence electrons. The maximum absolute atomic E-state index is 13.7. The van der Waals surface area contributed by atoms with Crippen LogP contribution >= 0.6 is 0 Å². The van der Waals surface area contributed by atoms with Gasteiger partial charge in [-0.3, -0.25) is 9.59 Å². The molecule has 2 amide bonds. The third-order valence-corrected chi connectivity index (χ3v) is 6.37. The summed E-state index contributed by atoms with van der Waals surface area (Å²) < 4.78 is 0. The molecule has 0 unspecified atom stereocenters. The van der Waals surface area contributed by atoms with E-state index in [4.69, 9.17) is 0 Å². The molecule has 1 aliphatic carbocycles. The van der Waals surface area contributed by atoms with E-state index in [1.54, 1.807) is 0 Å². The molecule has 1 N–H and O–H groups in total. The number of nitrogens with zero attached hydrogens (tertiary/aromatic N) is 1. The molecule has 1 heterocycles. The number of nitrogens with one attached hydrogen (secondary N) is 1. The number of anilines is 1. The topological polar surface area (TPSA) is 49.4 Å². The molecule has 1 aliphatic heterocycles. The standard InChI is InChI=1S/C25H30N2O2/c1-18(2)17-26-23(28)22-20-13-7-8-14-21(20)24(29)27(19-11-5-3-6-12-19)25(22)15-9-4-10-16-25/h3,5-8,11-14,18,22H,4,9-10,15-17H2,1-2H3,(H,26,28)/t22-/m1/s1. The highest BCUT2D eigenvalue weighted by atomic mass is 16.2. The van der Waals surface area contributed by atoms with Gasteiger partial charge in [0.25, 0.3) is 5.91 Å². The molecule has 29 heavy (non-hydrogen) atoms. The lowest BCUT2D eigenvalue weighted by Gasteiger charge is -2.53. The van der Waals surface area contributed by atoms with Crippen LogP contribution in [0.3, 0.4) is 0 Å². The molecule has 1 spiro atoms. The van der Waals surface area contributed by atoms with Crippen LogP contribution in [0.1, 0.15) is 67.8 Å². The van der Waals surface area contributed by atoms with Gasteiger partial charge in [-0.2, -0.15) is 0 Å². The van der Waals surface area contributed by atoms with Crippen LogP contribution in [0.5, 0.6) is 0 Å². The SMILES string of the molecule is CC(C)CNC(=O)[C@H]1c2ccccc2C(=O)N(c2ccccc2)C12CCCCC2. The predicted molar refractivity (Wildman–Crippen MR) is 116 cm³/mol. The van der Waals surface area contributed by atoms with Gasteiger partial charge in [0.15, 0.2) is 0 Å². The van der Waals surface area contributed by atoms with Crippen LogP contribution in [-0.4, -0.2) is 23.9 Å². The lowest BCUT2D eigenvalue weighted by Crippen LogP contribution is -2.63. The zero-order valence-corrected chi connectivity index (χ0v) is 17.4. The van der Waals surface area contributed by atoms with E-state index >= 15 is 0 Å². The van der Waals surface area contributed by atoms with Crippen molar-refractivity contribution in [3.05, 3.63) is 65.7 Å². The van der Waals surface area contributed by atoms with Gasteiger partial charge in [-0.15, -0.1) is 0 Å². The van der Waals surface area contributed by atoms with Crippen molar-refractivity contribution in [2.45, 2.75) is 57.4 Å². The largest absolute Gasteiger partial charge is 0.355 e. The number of carbonyl (C=O) groups is 2. The number of benzene rings is 2. The van der Waals surface area contributed by atoms with Gasteiger partial charge in [-0.1, -0.05) is 69.5 Å². The lowest BCUT2D eigenvalue weighted by molar-refractivity contribution is -0.124. The molecular formula is C25H30N2O2. The molecule has 1 saturated carbocycles. The molecule has 4 heteroatoms. The number of rotatable bonds is 4. The molecule has 0 bridgehead atoms. The third-order valence-electron chi connectivity index (χ3n) is 6.37. The molecule has 2 aromatic carbocycles. The van der Waals surface area contributed by atoms with Crippen molar-refractivity contribution in [2.75, 3.05) is 11.4 Å². The van der Waals surface area contributed by atoms with Crippen LogP contribution in [-0.2, 0) is 4.79 Å². The third kappa shape index (κ3) is 3.45. The summed E-state index contributed by atoms with van der Waals surface area (Å²) in [6.45, 7) is 4.85. The lowest BCUT2D eigenvalue weighted by atomic mass is 9.65. The Morgan fingerprint density at radius 3 is 2.38 bits per heavy atom. The molecule has 4 rings (SSSR count). The molecule has 0 saturated heterocycles. The van der Waals surface area contributed by atoms with Gasteiger partial charge in [0.1, 0.15) is 0 Å². The molecular weight excluding hydrogens is 360 g/mol. The van der Waals surface area contributed by atoms with Gasteiger partial charge in [0, 0.05) is 17.8 Å². The van der Waals surface area contributed by atoms with Crippen molar-refractivity contribution < 1.29 is 9.59 Å². The van der Waals surface area contributed by atoms with Crippen molar-refractivity contribution in [3.63, 3.8) is 0 Å². The second kappa shape index (κ2) is 8.02. The van der Waals surface area contributed by atoms with Crippen LogP contribution in [0.25, 0.3) is 0 Å². The van der Waals surface area contributed by atoms with E-state index in [9.17, 15) is 9.59 Å². The summed E-state index contributed by atoms with van der Waals surface area (Å²) >= 11 is 0. The second-order valence-corrected chi connectivity index (χ2v) is 8.80. The first kappa shape index (κ1) is 19.7. The smallest absolute Gasteiger partial charge is 0.259 e.